The third-order valence-electron chi connectivity index (χ3n) is 4.85. The molecule has 0 bridgehead atoms. The molecule has 2 aromatic carbocycles. The number of pyridine rings is 1. The number of rotatable bonds is 2. The van der Waals surface area contributed by atoms with Gasteiger partial charge in [0.2, 0.25) is 0 Å². The molecule has 0 fully saturated rings. The van der Waals surface area contributed by atoms with Crippen molar-refractivity contribution in [2.75, 3.05) is 0 Å². The molecule has 0 aliphatic heterocycles. The monoisotopic (exact) mass is 337 g/mol. The Morgan fingerprint density at radius 3 is 1.62 bits per heavy atom. The van der Waals surface area contributed by atoms with Crippen molar-refractivity contribution in [3.05, 3.63) is 77.9 Å². The lowest BCUT2D eigenvalue weighted by Gasteiger charge is -2.01. The van der Waals surface area contributed by atoms with Gasteiger partial charge >= 0.3 is 0 Å². The molecule has 5 aromatic rings. The third-order valence-corrected chi connectivity index (χ3v) is 4.85. The zero-order chi connectivity index (χ0) is 17.7. The summed E-state index contributed by atoms with van der Waals surface area (Å²) >= 11 is 0. The van der Waals surface area contributed by atoms with E-state index < -0.39 is 0 Å². The van der Waals surface area contributed by atoms with Crippen molar-refractivity contribution >= 4 is 21.8 Å². The van der Waals surface area contributed by atoms with Crippen LogP contribution in [0.2, 0.25) is 0 Å². The third kappa shape index (κ3) is 2.49. The molecule has 3 heterocycles. The second-order valence-corrected chi connectivity index (χ2v) is 6.96. The predicted molar refractivity (Wildman–Crippen MR) is 108 cm³/mol. The number of fused-ring (bicyclic) bond motifs is 2. The molecule has 26 heavy (non-hydrogen) atoms. The number of hydrogen-bond donors (Lipinski definition) is 2. The van der Waals surface area contributed by atoms with E-state index in [-0.39, 0.29) is 0 Å². The number of aromatic amines is 2. The topological polar surface area (TPSA) is 44.5 Å². The second-order valence-electron chi connectivity index (χ2n) is 6.96. The first-order valence-corrected chi connectivity index (χ1v) is 8.82. The van der Waals surface area contributed by atoms with Crippen LogP contribution in [-0.4, -0.2) is 15.0 Å². The maximum atomic E-state index is 4.89. The maximum absolute atomic E-state index is 4.89. The fourth-order valence-electron chi connectivity index (χ4n) is 3.51. The Kier molecular flexibility index (Phi) is 3.22. The summed E-state index contributed by atoms with van der Waals surface area (Å²) in [6, 6.07) is 23.4. The molecule has 3 aromatic heterocycles. The van der Waals surface area contributed by atoms with Crippen LogP contribution in [0.4, 0.5) is 0 Å². The van der Waals surface area contributed by atoms with Gasteiger partial charge in [0.15, 0.2) is 0 Å². The summed E-state index contributed by atoms with van der Waals surface area (Å²) in [6.45, 7) is 4.23. The molecule has 2 N–H and O–H groups in total. The molecule has 0 spiro atoms. The minimum Gasteiger partial charge on any atom is -0.353 e. The molecule has 0 saturated heterocycles. The van der Waals surface area contributed by atoms with Crippen LogP contribution < -0.4 is 0 Å². The van der Waals surface area contributed by atoms with Gasteiger partial charge in [-0.3, -0.25) is 0 Å². The highest BCUT2D eigenvalue weighted by Crippen LogP contribution is 2.27. The van der Waals surface area contributed by atoms with E-state index in [0.29, 0.717) is 0 Å². The van der Waals surface area contributed by atoms with Gasteiger partial charge in [-0.25, -0.2) is 4.98 Å². The van der Waals surface area contributed by atoms with Crippen molar-refractivity contribution in [3.63, 3.8) is 0 Å². The van der Waals surface area contributed by atoms with E-state index >= 15 is 0 Å². The lowest BCUT2D eigenvalue weighted by Crippen LogP contribution is -1.87. The van der Waals surface area contributed by atoms with Crippen molar-refractivity contribution in [3.8, 4) is 22.8 Å². The minimum absolute atomic E-state index is 0.950. The average Bonchev–Trinajstić information content (AvgIpc) is 3.25. The number of aromatic nitrogens is 3. The summed E-state index contributed by atoms with van der Waals surface area (Å²) in [6.07, 6.45) is 0. The van der Waals surface area contributed by atoms with Crippen LogP contribution in [0, 0.1) is 13.8 Å². The normalized spacial score (nSPS) is 11.5. The Bertz CT molecular complexity index is 1160. The first kappa shape index (κ1) is 15.0. The lowest BCUT2D eigenvalue weighted by molar-refractivity contribution is 1.27. The molecule has 0 aliphatic carbocycles. The Morgan fingerprint density at radius 1 is 0.615 bits per heavy atom. The molecule has 5 rings (SSSR count). The van der Waals surface area contributed by atoms with Crippen molar-refractivity contribution in [2.24, 2.45) is 0 Å². The standard InChI is InChI=1S/C23H19N3/c1-14-6-8-18-16(10-14)12-22(24-18)20-4-3-5-21(26-20)23-13-17-11-15(2)7-9-19(17)25-23/h3-13,24-25H,1-2H3. The predicted octanol–water partition coefficient (Wildman–Crippen LogP) is 6.00. The zero-order valence-corrected chi connectivity index (χ0v) is 14.8. The number of benzene rings is 2. The van der Waals surface area contributed by atoms with E-state index in [1.54, 1.807) is 0 Å². The van der Waals surface area contributed by atoms with Crippen LogP contribution in [0.5, 0.6) is 0 Å². The van der Waals surface area contributed by atoms with E-state index in [0.717, 1.165) is 33.8 Å². The fraction of sp³-hybridized carbons (Fsp3) is 0.0870. The number of hydrogen-bond acceptors (Lipinski definition) is 1. The van der Waals surface area contributed by atoms with E-state index in [4.69, 9.17) is 4.98 Å². The summed E-state index contributed by atoms with van der Waals surface area (Å²) < 4.78 is 0. The molecule has 0 amide bonds. The minimum atomic E-state index is 0.950. The molecule has 126 valence electrons. The van der Waals surface area contributed by atoms with Crippen LogP contribution in [0.15, 0.2) is 66.7 Å². The highest BCUT2D eigenvalue weighted by Gasteiger charge is 2.09. The van der Waals surface area contributed by atoms with E-state index in [1.165, 1.54) is 21.9 Å². The molecule has 0 aliphatic rings. The highest BCUT2D eigenvalue weighted by molar-refractivity contribution is 5.87. The smallest absolute Gasteiger partial charge is 0.0872 e. The maximum Gasteiger partial charge on any atom is 0.0872 e. The van der Waals surface area contributed by atoms with Crippen molar-refractivity contribution < 1.29 is 0 Å². The van der Waals surface area contributed by atoms with Gasteiger partial charge in [-0.2, -0.15) is 0 Å². The SMILES string of the molecule is Cc1ccc2[nH]c(-c3cccc(-c4cc5cc(C)ccc5[nH]4)n3)cc2c1. The van der Waals surface area contributed by atoms with Crippen molar-refractivity contribution in [2.45, 2.75) is 13.8 Å². The Morgan fingerprint density at radius 2 is 1.12 bits per heavy atom. The molecular formula is C23H19N3. The Balaban J connectivity index is 1.60. The first-order chi connectivity index (χ1) is 12.7. The van der Waals surface area contributed by atoms with Crippen LogP contribution in [0.3, 0.4) is 0 Å². The van der Waals surface area contributed by atoms with Gasteiger partial charge in [-0.05, 0) is 62.4 Å². The quantitative estimate of drug-likeness (QED) is 0.408. The van der Waals surface area contributed by atoms with Gasteiger partial charge in [-0.15, -0.1) is 0 Å². The van der Waals surface area contributed by atoms with Gasteiger partial charge in [0.25, 0.3) is 0 Å². The number of H-pyrrole nitrogens is 2. The van der Waals surface area contributed by atoms with Gasteiger partial charge in [0, 0.05) is 21.8 Å². The number of nitrogens with one attached hydrogen (secondary N) is 2. The van der Waals surface area contributed by atoms with Crippen LogP contribution in [-0.2, 0) is 0 Å². The molecule has 0 unspecified atom stereocenters. The van der Waals surface area contributed by atoms with Crippen molar-refractivity contribution in [1.29, 1.82) is 0 Å². The summed E-state index contributed by atoms with van der Waals surface area (Å²) in [4.78, 5) is 11.8. The summed E-state index contributed by atoms with van der Waals surface area (Å²) in [7, 11) is 0. The van der Waals surface area contributed by atoms with Gasteiger partial charge in [-0.1, -0.05) is 29.3 Å². The zero-order valence-electron chi connectivity index (χ0n) is 14.8. The van der Waals surface area contributed by atoms with Crippen LogP contribution in [0.25, 0.3) is 44.6 Å². The first-order valence-electron chi connectivity index (χ1n) is 8.82. The molecule has 3 nitrogen and oxygen atoms in total. The van der Waals surface area contributed by atoms with Gasteiger partial charge in [0.05, 0.1) is 22.8 Å². The van der Waals surface area contributed by atoms with Crippen LogP contribution in [0.1, 0.15) is 11.1 Å². The summed E-state index contributed by atoms with van der Waals surface area (Å²) in [5.41, 5.74) is 8.78. The van der Waals surface area contributed by atoms with E-state index in [2.05, 4.69) is 78.4 Å². The molecule has 0 atom stereocenters. The average molecular weight is 337 g/mol. The molecule has 0 saturated carbocycles. The largest absolute Gasteiger partial charge is 0.353 e. The van der Waals surface area contributed by atoms with Crippen molar-refractivity contribution in [1.82, 2.24) is 15.0 Å². The molecule has 3 heteroatoms. The fourth-order valence-corrected chi connectivity index (χ4v) is 3.51. The second kappa shape index (κ2) is 5.60. The summed E-state index contributed by atoms with van der Waals surface area (Å²) in [5, 5.41) is 2.43. The Labute approximate surface area is 151 Å². The lowest BCUT2D eigenvalue weighted by atomic mass is 10.1. The number of aryl methyl sites for hydroxylation is 2. The number of nitrogens with zero attached hydrogens (tertiary/aromatic N) is 1. The van der Waals surface area contributed by atoms with Crippen LogP contribution >= 0.6 is 0 Å². The highest BCUT2D eigenvalue weighted by atomic mass is 14.8. The van der Waals surface area contributed by atoms with E-state index in [1.807, 2.05) is 12.1 Å². The van der Waals surface area contributed by atoms with Gasteiger partial charge < -0.3 is 9.97 Å². The van der Waals surface area contributed by atoms with E-state index in [9.17, 15) is 0 Å². The Hall–Kier alpha value is -3.33. The molecule has 0 radical (unpaired) electrons. The molecular weight excluding hydrogens is 318 g/mol. The summed E-state index contributed by atoms with van der Waals surface area (Å²) in [5.74, 6) is 0. The van der Waals surface area contributed by atoms with Gasteiger partial charge in [0.1, 0.15) is 0 Å².